The second kappa shape index (κ2) is 5.77. The number of rotatable bonds is 4. The monoisotopic (exact) mass is 269 g/mol. The van der Waals surface area contributed by atoms with E-state index in [1.165, 1.54) is 0 Å². The van der Waals surface area contributed by atoms with Crippen LogP contribution >= 0.6 is 0 Å². The standard InChI is InChI=1S/C14H27N3O2/c1-14(2)10-16(3)12(6-7-15)13(18)17(14)9-11-5-4-8-19-11/h11-12H,4-10,15H2,1-3H3. The van der Waals surface area contributed by atoms with Crippen LogP contribution in [0, 0.1) is 0 Å². The minimum Gasteiger partial charge on any atom is -0.376 e. The van der Waals surface area contributed by atoms with Crippen LogP contribution in [-0.2, 0) is 9.53 Å². The van der Waals surface area contributed by atoms with Gasteiger partial charge in [-0.2, -0.15) is 0 Å². The van der Waals surface area contributed by atoms with Gasteiger partial charge in [0.1, 0.15) is 0 Å². The molecular weight excluding hydrogens is 242 g/mol. The van der Waals surface area contributed by atoms with E-state index < -0.39 is 0 Å². The Morgan fingerprint density at radius 2 is 2.21 bits per heavy atom. The zero-order valence-corrected chi connectivity index (χ0v) is 12.4. The predicted molar refractivity (Wildman–Crippen MR) is 74.9 cm³/mol. The van der Waals surface area contributed by atoms with E-state index in [2.05, 4.69) is 18.7 Å². The topological polar surface area (TPSA) is 58.8 Å². The Bertz CT molecular complexity index is 327. The molecule has 2 atom stereocenters. The zero-order valence-electron chi connectivity index (χ0n) is 12.4. The molecule has 0 radical (unpaired) electrons. The van der Waals surface area contributed by atoms with Crippen molar-refractivity contribution in [3.05, 3.63) is 0 Å². The molecule has 0 spiro atoms. The quantitative estimate of drug-likeness (QED) is 0.804. The second-order valence-electron chi connectivity index (χ2n) is 6.40. The predicted octanol–water partition coefficient (Wildman–Crippen LogP) is 0.435. The lowest BCUT2D eigenvalue weighted by Crippen LogP contribution is -2.66. The first-order valence-corrected chi connectivity index (χ1v) is 7.29. The molecule has 110 valence electrons. The average molecular weight is 269 g/mol. The average Bonchev–Trinajstić information content (AvgIpc) is 2.82. The smallest absolute Gasteiger partial charge is 0.240 e. The van der Waals surface area contributed by atoms with Gasteiger partial charge in [0.25, 0.3) is 0 Å². The van der Waals surface area contributed by atoms with E-state index in [1.807, 2.05) is 11.9 Å². The van der Waals surface area contributed by atoms with E-state index in [9.17, 15) is 4.79 Å². The molecule has 2 fully saturated rings. The van der Waals surface area contributed by atoms with Gasteiger partial charge in [-0.1, -0.05) is 0 Å². The fourth-order valence-electron chi connectivity index (χ4n) is 3.30. The summed E-state index contributed by atoms with van der Waals surface area (Å²) in [4.78, 5) is 16.9. The molecule has 0 saturated carbocycles. The van der Waals surface area contributed by atoms with E-state index in [4.69, 9.17) is 10.5 Å². The number of nitrogens with two attached hydrogens (primary N) is 1. The maximum atomic E-state index is 12.7. The number of likely N-dealkylation sites (N-methyl/N-ethyl adjacent to an activating group) is 1. The van der Waals surface area contributed by atoms with Gasteiger partial charge in [-0.25, -0.2) is 0 Å². The summed E-state index contributed by atoms with van der Waals surface area (Å²) in [5, 5.41) is 0. The van der Waals surface area contributed by atoms with Crippen LogP contribution in [0.1, 0.15) is 33.1 Å². The minimum absolute atomic E-state index is 0.0700. The zero-order chi connectivity index (χ0) is 14.0. The van der Waals surface area contributed by atoms with Gasteiger partial charge >= 0.3 is 0 Å². The van der Waals surface area contributed by atoms with Crippen LogP contribution in [0.5, 0.6) is 0 Å². The molecule has 0 bridgehead atoms. The number of piperazine rings is 1. The van der Waals surface area contributed by atoms with Gasteiger partial charge in [0.05, 0.1) is 17.7 Å². The van der Waals surface area contributed by atoms with Crippen molar-refractivity contribution in [2.24, 2.45) is 5.73 Å². The Morgan fingerprint density at radius 1 is 1.47 bits per heavy atom. The summed E-state index contributed by atoms with van der Waals surface area (Å²) < 4.78 is 5.69. The normalized spacial score (nSPS) is 32.0. The molecular formula is C14H27N3O2. The minimum atomic E-state index is -0.136. The Morgan fingerprint density at radius 3 is 2.79 bits per heavy atom. The number of amides is 1. The number of ether oxygens (including phenoxy) is 1. The first-order chi connectivity index (χ1) is 8.95. The molecule has 0 aromatic rings. The van der Waals surface area contributed by atoms with Crippen molar-refractivity contribution >= 4 is 5.91 Å². The van der Waals surface area contributed by atoms with Crippen molar-refractivity contribution in [1.29, 1.82) is 0 Å². The van der Waals surface area contributed by atoms with E-state index >= 15 is 0 Å². The molecule has 5 heteroatoms. The van der Waals surface area contributed by atoms with Gasteiger partial charge in [-0.05, 0) is 46.7 Å². The van der Waals surface area contributed by atoms with Crippen LogP contribution in [0.2, 0.25) is 0 Å². The first-order valence-electron chi connectivity index (χ1n) is 7.29. The van der Waals surface area contributed by atoms with Crippen molar-refractivity contribution in [2.75, 3.05) is 33.3 Å². The molecule has 0 aromatic heterocycles. The number of hydrogen-bond acceptors (Lipinski definition) is 4. The fourth-order valence-corrected chi connectivity index (χ4v) is 3.30. The van der Waals surface area contributed by atoms with Crippen molar-refractivity contribution in [2.45, 2.75) is 50.8 Å². The number of carbonyl (C=O) groups is 1. The Hall–Kier alpha value is -0.650. The Labute approximate surface area is 116 Å². The Kier molecular flexibility index (Phi) is 4.48. The summed E-state index contributed by atoms with van der Waals surface area (Å²) in [7, 11) is 2.02. The molecule has 2 saturated heterocycles. The maximum absolute atomic E-state index is 12.7. The van der Waals surface area contributed by atoms with Crippen LogP contribution in [0.15, 0.2) is 0 Å². The third-order valence-corrected chi connectivity index (χ3v) is 4.30. The summed E-state index contributed by atoms with van der Waals surface area (Å²) in [6, 6.07) is -0.0700. The molecule has 2 unspecified atom stereocenters. The molecule has 0 aromatic carbocycles. The fraction of sp³-hybridized carbons (Fsp3) is 0.929. The molecule has 2 aliphatic rings. The third kappa shape index (κ3) is 3.09. The lowest BCUT2D eigenvalue weighted by atomic mass is 9.93. The second-order valence-corrected chi connectivity index (χ2v) is 6.40. The maximum Gasteiger partial charge on any atom is 0.240 e. The van der Waals surface area contributed by atoms with Crippen LogP contribution in [0.25, 0.3) is 0 Å². The largest absolute Gasteiger partial charge is 0.376 e. The molecule has 5 nitrogen and oxygen atoms in total. The van der Waals surface area contributed by atoms with Gasteiger partial charge < -0.3 is 15.4 Å². The van der Waals surface area contributed by atoms with Crippen LogP contribution in [-0.4, -0.2) is 66.7 Å². The van der Waals surface area contributed by atoms with E-state index in [-0.39, 0.29) is 23.6 Å². The molecule has 0 aliphatic carbocycles. The first kappa shape index (κ1) is 14.8. The summed E-state index contributed by atoms with van der Waals surface area (Å²) in [5.74, 6) is 0.208. The molecule has 2 rings (SSSR count). The van der Waals surface area contributed by atoms with Crippen molar-refractivity contribution in [3.63, 3.8) is 0 Å². The Balaban J connectivity index is 2.10. The summed E-state index contributed by atoms with van der Waals surface area (Å²) in [6.45, 7) is 7.26. The summed E-state index contributed by atoms with van der Waals surface area (Å²) in [6.07, 6.45) is 3.12. The van der Waals surface area contributed by atoms with Gasteiger partial charge in [0, 0.05) is 19.7 Å². The molecule has 2 N–H and O–H groups in total. The van der Waals surface area contributed by atoms with Gasteiger partial charge in [-0.15, -0.1) is 0 Å². The van der Waals surface area contributed by atoms with Crippen molar-refractivity contribution < 1.29 is 9.53 Å². The number of nitrogens with zero attached hydrogens (tertiary/aromatic N) is 2. The van der Waals surface area contributed by atoms with E-state index in [0.717, 1.165) is 39.0 Å². The van der Waals surface area contributed by atoms with Crippen LogP contribution < -0.4 is 5.73 Å². The highest BCUT2D eigenvalue weighted by Crippen LogP contribution is 2.27. The molecule has 1 amide bonds. The molecule has 19 heavy (non-hydrogen) atoms. The van der Waals surface area contributed by atoms with Gasteiger partial charge in [0.2, 0.25) is 5.91 Å². The van der Waals surface area contributed by atoms with Crippen molar-refractivity contribution in [1.82, 2.24) is 9.80 Å². The van der Waals surface area contributed by atoms with E-state index in [1.54, 1.807) is 0 Å². The highest BCUT2D eigenvalue weighted by molar-refractivity contribution is 5.83. The van der Waals surface area contributed by atoms with Gasteiger partial charge in [-0.3, -0.25) is 9.69 Å². The summed E-state index contributed by atoms with van der Waals surface area (Å²) >= 11 is 0. The number of carbonyl (C=O) groups excluding carboxylic acids is 1. The van der Waals surface area contributed by atoms with Crippen LogP contribution in [0.3, 0.4) is 0 Å². The van der Waals surface area contributed by atoms with Gasteiger partial charge in [0.15, 0.2) is 0 Å². The highest BCUT2D eigenvalue weighted by atomic mass is 16.5. The lowest BCUT2D eigenvalue weighted by molar-refractivity contribution is -0.153. The SMILES string of the molecule is CN1CC(C)(C)N(CC2CCCO2)C(=O)C1CCN. The highest BCUT2D eigenvalue weighted by Gasteiger charge is 2.43. The third-order valence-electron chi connectivity index (χ3n) is 4.30. The van der Waals surface area contributed by atoms with E-state index in [0.29, 0.717) is 6.54 Å². The molecule has 2 heterocycles. The van der Waals surface area contributed by atoms with Crippen molar-refractivity contribution in [3.8, 4) is 0 Å². The van der Waals surface area contributed by atoms with Crippen LogP contribution in [0.4, 0.5) is 0 Å². The molecule has 2 aliphatic heterocycles. The number of hydrogen-bond donors (Lipinski definition) is 1. The summed E-state index contributed by atoms with van der Waals surface area (Å²) in [5.41, 5.74) is 5.50. The lowest BCUT2D eigenvalue weighted by Gasteiger charge is -2.50.